The molecule has 0 aromatic carbocycles. The van der Waals surface area contributed by atoms with Gasteiger partial charge in [0.1, 0.15) is 6.33 Å². The summed E-state index contributed by atoms with van der Waals surface area (Å²) in [4.78, 5) is 31.9. The van der Waals surface area contributed by atoms with Crippen molar-refractivity contribution in [3.63, 3.8) is 0 Å². The fraction of sp³-hybridized carbons (Fsp3) is 0.438. The molecule has 124 valence electrons. The maximum absolute atomic E-state index is 12.7. The van der Waals surface area contributed by atoms with Crippen molar-refractivity contribution in [3.8, 4) is 0 Å². The molecule has 8 heteroatoms. The van der Waals surface area contributed by atoms with Crippen molar-refractivity contribution in [1.82, 2.24) is 24.5 Å². The third kappa shape index (κ3) is 2.44. The number of carbonyl (C=O) groups is 1. The van der Waals surface area contributed by atoms with Crippen LogP contribution in [0.25, 0.3) is 11.2 Å². The molecular weight excluding hydrogens is 308 g/mol. The highest BCUT2D eigenvalue weighted by Gasteiger charge is 2.30. The Balaban J connectivity index is 1.63. The van der Waals surface area contributed by atoms with E-state index in [0.29, 0.717) is 29.5 Å². The molecule has 1 atom stereocenters. The maximum Gasteiger partial charge on any atom is 0.252 e. The number of hydrogen-bond donors (Lipinski definition) is 0. The second-order valence-electron chi connectivity index (χ2n) is 6.10. The Hall–Kier alpha value is -2.77. The van der Waals surface area contributed by atoms with E-state index in [9.17, 15) is 4.79 Å². The van der Waals surface area contributed by atoms with Gasteiger partial charge >= 0.3 is 0 Å². The molecule has 0 bridgehead atoms. The Morgan fingerprint density at radius 1 is 1.33 bits per heavy atom. The number of imidazole rings is 1. The first-order chi connectivity index (χ1) is 11.6. The van der Waals surface area contributed by atoms with E-state index in [4.69, 9.17) is 4.42 Å². The monoisotopic (exact) mass is 326 g/mol. The Kier molecular flexibility index (Phi) is 3.51. The third-order valence-corrected chi connectivity index (χ3v) is 4.42. The van der Waals surface area contributed by atoms with Crippen LogP contribution in [-0.4, -0.2) is 43.4 Å². The van der Waals surface area contributed by atoms with Crippen molar-refractivity contribution in [3.05, 3.63) is 30.4 Å². The molecule has 3 aromatic heterocycles. The SMILES string of the molecule is Cc1nc2c(N3CCC[C@H](C(=O)c4nccn4C)C3)ncnc2o1. The number of piperidine rings is 1. The molecule has 0 spiro atoms. The smallest absolute Gasteiger partial charge is 0.252 e. The summed E-state index contributed by atoms with van der Waals surface area (Å²) < 4.78 is 7.25. The first kappa shape index (κ1) is 14.8. The number of nitrogens with zero attached hydrogens (tertiary/aromatic N) is 6. The van der Waals surface area contributed by atoms with Crippen molar-refractivity contribution in [1.29, 1.82) is 0 Å². The Morgan fingerprint density at radius 3 is 3.00 bits per heavy atom. The lowest BCUT2D eigenvalue weighted by atomic mass is 9.93. The van der Waals surface area contributed by atoms with E-state index in [-0.39, 0.29) is 11.7 Å². The number of carbonyl (C=O) groups excluding carboxylic acids is 1. The molecule has 1 fully saturated rings. The molecule has 0 amide bonds. The molecule has 8 nitrogen and oxygen atoms in total. The minimum atomic E-state index is -0.0992. The lowest BCUT2D eigenvalue weighted by Crippen LogP contribution is -2.40. The molecule has 0 aliphatic carbocycles. The molecule has 0 unspecified atom stereocenters. The number of aromatic nitrogens is 5. The lowest BCUT2D eigenvalue weighted by molar-refractivity contribution is 0.0893. The van der Waals surface area contributed by atoms with Gasteiger partial charge in [0.15, 0.2) is 23.0 Å². The van der Waals surface area contributed by atoms with Crippen LogP contribution in [0, 0.1) is 12.8 Å². The summed E-state index contributed by atoms with van der Waals surface area (Å²) in [6, 6.07) is 0. The van der Waals surface area contributed by atoms with Crippen LogP contribution in [0.5, 0.6) is 0 Å². The molecule has 24 heavy (non-hydrogen) atoms. The number of aryl methyl sites for hydroxylation is 2. The molecule has 1 aliphatic rings. The van der Waals surface area contributed by atoms with Gasteiger partial charge < -0.3 is 13.9 Å². The number of rotatable bonds is 3. The second kappa shape index (κ2) is 5.70. The van der Waals surface area contributed by atoms with Gasteiger partial charge in [-0.1, -0.05) is 0 Å². The van der Waals surface area contributed by atoms with E-state index >= 15 is 0 Å². The van der Waals surface area contributed by atoms with Gasteiger partial charge in [0.05, 0.1) is 0 Å². The predicted molar refractivity (Wildman–Crippen MR) is 86.8 cm³/mol. The highest BCUT2D eigenvalue weighted by Crippen LogP contribution is 2.28. The van der Waals surface area contributed by atoms with Crippen LogP contribution in [-0.2, 0) is 7.05 Å². The molecule has 0 N–H and O–H groups in total. The predicted octanol–water partition coefficient (Wildman–Crippen LogP) is 1.76. The summed E-state index contributed by atoms with van der Waals surface area (Å²) >= 11 is 0. The van der Waals surface area contributed by atoms with Crippen LogP contribution >= 0.6 is 0 Å². The van der Waals surface area contributed by atoms with Gasteiger partial charge in [0.2, 0.25) is 5.78 Å². The molecule has 0 radical (unpaired) electrons. The van der Waals surface area contributed by atoms with Gasteiger partial charge in [0, 0.05) is 45.4 Å². The average Bonchev–Trinajstić information content (AvgIpc) is 3.18. The molecular formula is C16H18N6O2. The van der Waals surface area contributed by atoms with E-state index in [1.54, 1.807) is 23.9 Å². The van der Waals surface area contributed by atoms with Gasteiger partial charge in [0.25, 0.3) is 5.71 Å². The molecule has 1 saturated heterocycles. The number of fused-ring (bicyclic) bond motifs is 1. The van der Waals surface area contributed by atoms with Gasteiger partial charge in [-0.2, -0.15) is 4.98 Å². The van der Waals surface area contributed by atoms with Crippen LogP contribution in [0.1, 0.15) is 29.4 Å². The van der Waals surface area contributed by atoms with Gasteiger partial charge in [-0.3, -0.25) is 4.79 Å². The van der Waals surface area contributed by atoms with E-state index in [0.717, 1.165) is 25.2 Å². The van der Waals surface area contributed by atoms with E-state index in [1.807, 2.05) is 7.05 Å². The average molecular weight is 326 g/mol. The summed E-state index contributed by atoms with van der Waals surface area (Å²) in [5, 5.41) is 0. The zero-order valence-electron chi connectivity index (χ0n) is 13.6. The number of Topliss-reactive ketones (excluding diaryl/α,β-unsaturated/α-hetero) is 1. The van der Waals surface area contributed by atoms with Crippen molar-refractivity contribution in [2.45, 2.75) is 19.8 Å². The minimum Gasteiger partial charge on any atom is -0.422 e. The van der Waals surface area contributed by atoms with Crippen LogP contribution < -0.4 is 4.90 Å². The first-order valence-electron chi connectivity index (χ1n) is 7.98. The van der Waals surface area contributed by atoms with Crippen LogP contribution in [0.2, 0.25) is 0 Å². The maximum atomic E-state index is 12.7. The number of anilines is 1. The largest absolute Gasteiger partial charge is 0.422 e. The lowest BCUT2D eigenvalue weighted by Gasteiger charge is -2.32. The van der Waals surface area contributed by atoms with Crippen molar-refractivity contribution >= 4 is 22.8 Å². The fourth-order valence-corrected chi connectivity index (χ4v) is 3.25. The standard InChI is InChI=1S/C16H18N6O2/c1-10-20-12-14(18-9-19-16(12)24-10)22-6-3-4-11(8-22)13(23)15-17-5-7-21(15)2/h5,7,9,11H,3-4,6,8H2,1-2H3/t11-/m0/s1. The summed E-state index contributed by atoms with van der Waals surface area (Å²) in [6.45, 7) is 3.22. The minimum absolute atomic E-state index is 0.0776. The zero-order chi connectivity index (χ0) is 16.7. The first-order valence-corrected chi connectivity index (χ1v) is 7.98. The Bertz CT molecular complexity index is 899. The van der Waals surface area contributed by atoms with Gasteiger partial charge in [-0.25, -0.2) is 15.0 Å². The van der Waals surface area contributed by atoms with Crippen molar-refractivity contribution in [2.75, 3.05) is 18.0 Å². The van der Waals surface area contributed by atoms with Crippen LogP contribution in [0.4, 0.5) is 5.82 Å². The van der Waals surface area contributed by atoms with E-state index in [1.165, 1.54) is 6.33 Å². The molecule has 3 aromatic rings. The molecule has 4 rings (SSSR count). The second-order valence-corrected chi connectivity index (χ2v) is 6.10. The summed E-state index contributed by atoms with van der Waals surface area (Å²) in [7, 11) is 1.84. The summed E-state index contributed by atoms with van der Waals surface area (Å²) in [5.74, 6) is 1.78. The van der Waals surface area contributed by atoms with Gasteiger partial charge in [-0.05, 0) is 12.8 Å². The Morgan fingerprint density at radius 2 is 2.21 bits per heavy atom. The highest BCUT2D eigenvalue weighted by molar-refractivity contribution is 5.95. The fourth-order valence-electron chi connectivity index (χ4n) is 3.25. The number of oxazole rings is 1. The zero-order valence-corrected chi connectivity index (χ0v) is 13.6. The van der Waals surface area contributed by atoms with Gasteiger partial charge in [-0.15, -0.1) is 0 Å². The highest BCUT2D eigenvalue weighted by atomic mass is 16.4. The quantitative estimate of drug-likeness (QED) is 0.677. The number of ketones is 1. The Labute approximate surface area is 138 Å². The normalized spacial score (nSPS) is 18.2. The topological polar surface area (TPSA) is 89.9 Å². The molecule has 0 saturated carbocycles. The number of hydrogen-bond acceptors (Lipinski definition) is 7. The van der Waals surface area contributed by atoms with Crippen molar-refractivity contribution < 1.29 is 9.21 Å². The summed E-state index contributed by atoms with van der Waals surface area (Å²) in [6.07, 6.45) is 6.70. The van der Waals surface area contributed by atoms with E-state index < -0.39 is 0 Å². The van der Waals surface area contributed by atoms with E-state index in [2.05, 4.69) is 24.8 Å². The third-order valence-electron chi connectivity index (χ3n) is 4.42. The molecule has 4 heterocycles. The van der Waals surface area contributed by atoms with Crippen molar-refractivity contribution in [2.24, 2.45) is 13.0 Å². The molecule has 1 aliphatic heterocycles. The summed E-state index contributed by atoms with van der Waals surface area (Å²) in [5.41, 5.74) is 1.13. The van der Waals surface area contributed by atoms with Crippen LogP contribution in [0.15, 0.2) is 23.1 Å². The van der Waals surface area contributed by atoms with Crippen LogP contribution in [0.3, 0.4) is 0 Å².